The second-order valence-electron chi connectivity index (χ2n) is 6.14. The number of rotatable bonds is 6. The largest absolute Gasteiger partial charge is 0.341 e. The summed E-state index contributed by atoms with van der Waals surface area (Å²) in [6, 6.07) is 11.8. The quantitative estimate of drug-likeness (QED) is 0.597. The van der Waals surface area contributed by atoms with Crippen LogP contribution in [0.5, 0.6) is 0 Å². The lowest BCUT2D eigenvalue weighted by Crippen LogP contribution is -2.18. The number of aromatic nitrogens is 1. The van der Waals surface area contributed by atoms with E-state index in [0.29, 0.717) is 0 Å². The van der Waals surface area contributed by atoms with Crippen LogP contribution in [0.3, 0.4) is 0 Å². The van der Waals surface area contributed by atoms with Crippen LogP contribution >= 0.6 is 0 Å². The topological polar surface area (TPSA) is 105 Å². The molecule has 31 heavy (non-hydrogen) atoms. The molecule has 1 heterocycles. The number of benzene rings is 2. The second kappa shape index (κ2) is 8.96. The molecular formula is C20H14F3N3O4S. The van der Waals surface area contributed by atoms with Crippen molar-refractivity contribution in [3.05, 3.63) is 83.9 Å². The van der Waals surface area contributed by atoms with Crippen molar-refractivity contribution in [2.75, 3.05) is 10.6 Å². The van der Waals surface area contributed by atoms with E-state index >= 15 is 0 Å². The first-order chi connectivity index (χ1) is 14.7. The number of hydrogen-bond acceptors (Lipinski definition) is 5. The molecule has 0 saturated heterocycles. The van der Waals surface area contributed by atoms with E-state index in [4.69, 9.17) is 0 Å². The molecule has 3 rings (SSSR count). The maximum atomic E-state index is 13.7. The number of sulfone groups is 1. The van der Waals surface area contributed by atoms with Crippen LogP contribution < -0.4 is 10.6 Å². The Morgan fingerprint density at radius 2 is 1.55 bits per heavy atom. The first-order valence-corrected chi connectivity index (χ1v) is 10.2. The van der Waals surface area contributed by atoms with Crippen LogP contribution in [0.2, 0.25) is 0 Å². The summed E-state index contributed by atoms with van der Waals surface area (Å²) in [5.41, 5.74) is 0.0419. The van der Waals surface area contributed by atoms with Crippen LogP contribution in [0, 0.1) is 5.82 Å². The van der Waals surface area contributed by atoms with Gasteiger partial charge in [-0.1, -0.05) is 6.07 Å². The van der Waals surface area contributed by atoms with E-state index in [9.17, 15) is 31.2 Å². The van der Waals surface area contributed by atoms with Gasteiger partial charge in [0.1, 0.15) is 11.5 Å². The van der Waals surface area contributed by atoms with Crippen LogP contribution in [-0.2, 0) is 9.84 Å². The van der Waals surface area contributed by atoms with Gasteiger partial charge < -0.3 is 10.6 Å². The Balaban J connectivity index is 1.81. The molecule has 11 heteroatoms. The van der Waals surface area contributed by atoms with Crippen LogP contribution in [0.25, 0.3) is 0 Å². The Hall–Kier alpha value is -3.73. The lowest BCUT2D eigenvalue weighted by atomic mass is 10.2. The molecule has 7 nitrogen and oxygen atoms in total. The molecule has 0 saturated carbocycles. The molecule has 0 aliphatic heterocycles. The molecule has 160 valence electrons. The van der Waals surface area contributed by atoms with Crippen molar-refractivity contribution in [2.24, 2.45) is 0 Å². The highest BCUT2D eigenvalue weighted by Crippen LogP contribution is 2.25. The fourth-order valence-electron chi connectivity index (χ4n) is 2.51. The van der Waals surface area contributed by atoms with E-state index in [1.165, 1.54) is 18.3 Å². The van der Waals surface area contributed by atoms with E-state index in [1.807, 2.05) is 0 Å². The van der Waals surface area contributed by atoms with Gasteiger partial charge in [-0.2, -0.15) is 8.78 Å². The van der Waals surface area contributed by atoms with Crippen molar-refractivity contribution in [3.63, 3.8) is 0 Å². The number of pyridine rings is 1. The van der Waals surface area contributed by atoms with Crippen LogP contribution in [0.1, 0.15) is 20.8 Å². The number of carbonyl (C=O) groups excluding carboxylic acids is 2. The standard InChI is InChI=1S/C20H14F3N3O4S/c21-13-6-9-15(25-19(28)16-3-1-2-10-24-16)17(11-13)26-18(27)12-4-7-14(8-5-12)31(29,30)20(22)23/h1-11,20H,(H,25,28)(H,26,27). The summed E-state index contributed by atoms with van der Waals surface area (Å²) < 4.78 is 61.9. The molecule has 2 N–H and O–H groups in total. The Morgan fingerprint density at radius 1 is 0.871 bits per heavy atom. The maximum absolute atomic E-state index is 13.7. The molecule has 2 aromatic carbocycles. The van der Waals surface area contributed by atoms with Crippen molar-refractivity contribution >= 4 is 33.0 Å². The van der Waals surface area contributed by atoms with E-state index in [1.54, 1.807) is 12.1 Å². The summed E-state index contributed by atoms with van der Waals surface area (Å²) in [4.78, 5) is 28.0. The molecule has 0 spiro atoms. The third kappa shape index (κ3) is 5.07. The van der Waals surface area contributed by atoms with Gasteiger partial charge in [0, 0.05) is 11.8 Å². The number of carbonyl (C=O) groups is 2. The van der Waals surface area contributed by atoms with Crippen molar-refractivity contribution in [3.8, 4) is 0 Å². The predicted molar refractivity (Wildman–Crippen MR) is 106 cm³/mol. The van der Waals surface area contributed by atoms with Gasteiger partial charge in [0.25, 0.3) is 11.8 Å². The minimum Gasteiger partial charge on any atom is -0.320 e. The minimum absolute atomic E-state index is 0.0699. The van der Waals surface area contributed by atoms with Crippen LogP contribution in [0.15, 0.2) is 71.8 Å². The van der Waals surface area contributed by atoms with E-state index < -0.39 is 38.1 Å². The van der Waals surface area contributed by atoms with Crippen molar-refractivity contribution in [1.29, 1.82) is 0 Å². The average Bonchev–Trinajstić information content (AvgIpc) is 2.76. The molecule has 0 aliphatic rings. The number of amides is 2. The summed E-state index contributed by atoms with van der Waals surface area (Å²) in [6.45, 7) is 0. The van der Waals surface area contributed by atoms with Gasteiger partial charge >= 0.3 is 5.76 Å². The first kappa shape index (κ1) is 22.0. The Labute approximate surface area is 174 Å². The summed E-state index contributed by atoms with van der Waals surface area (Å²) in [6.07, 6.45) is 1.42. The average molecular weight is 449 g/mol. The highest BCUT2D eigenvalue weighted by Gasteiger charge is 2.26. The van der Waals surface area contributed by atoms with Crippen LogP contribution in [0.4, 0.5) is 24.5 Å². The number of anilines is 2. The highest BCUT2D eigenvalue weighted by atomic mass is 32.2. The molecule has 0 aliphatic carbocycles. The molecule has 0 bridgehead atoms. The molecule has 3 aromatic rings. The molecule has 0 radical (unpaired) electrons. The third-order valence-corrected chi connectivity index (χ3v) is 5.45. The number of hydrogen-bond donors (Lipinski definition) is 2. The van der Waals surface area contributed by atoms with Gasteiger partial charge in [-0.3, -0.25) is 14.6 Å². The number of nitrogens with one attached hydrogen (secondary N) is 2. The minimum atomic E-state index is -4.80. The SMILES string of the molecule is O=C(Nc1cc(F)ccc1NC(=O)c1ccccn1)c1ccc(S(=O)(=O)C(F)F)cc1. The second-order valence-corrected chi connectivity index (χ2v) is 8.06. The molecule has 1 aromatic heterocycles. The van der Waals surface area contributed by atoms with Gasteiger partial charge in [0.15, 0.2) is 0 Å². The number of halogens is 3. The highest BCUT2D eigenvalue weighted by molar-refractivity contribution is 7.91. The molecule has 0 atom stereocenters. The monoisotopic (exact) mass is 449 g/mol. The van der Waals surface area contributed by atoms with E-state index in [2.05, 4.69) is 15.6 Å². The zero-order valence-electron chi connectivity index (χ0n) is 15.6. The van der Waals surface area contributed by atoms with Crippen LogP contribution in [-0.4, -0.2) is 31.0 Å². The zero-order valence-corrected chi connectivity index (χ0v) is 16.4. The molecular weight excluding hydrogens is 435 g/mol. The fraction of sp³-hybridized carbons (Fsp3) is 0.0500. The van der Waals surface area contributed by atoms with Gasteiger partial charge in [-0.05, 0) is 54.6 Å². The van der Waals surface area contributed by atoms with Gasteiger partial charge in [0.05, 0.1) is 16.3 Å². The third-order valence-electron chi connectivity index (χ3n) is 4.06. The zero-order chi connectivity index (χ0) is 22.6. The molecule has 2 amide bonds. The Morgan fingerprint density at radius 3 is 2.16 bits per heavy atom. The molecule has 0 unspecified atom stereocenters. The van der Waals surface area contributed by atoms with Gasteiger partial charge in [-0.25, -0.2) is 12.8 Å². The Kier molecular flexibility index (Phi) is 6.35. The van der Waals surface area contributed by atoms with E-state index in [0.717, 1.165) is 36.4 Å². The molecule has 0 fully saturated rings. The number of nitrogens with zero attached hydrogens (tertiary/aromatic N) is 1. The Bertz CT molecular complexity index is 1220. The smallest absolute Gasteiger partial charge is 0.320 e. The van der Waals surface area contributed by atoms with Crippen molar-refractivity contribution in [2.45, 2.75) is 10.7 Å². The van der Waals surface area contributed by atoms with Gasteiger partial charge in [-0.15, -0.1) is 0 Å². The number of alkyl halides is 2. The maximum Gasteiger partial charge on any atom is 0.341 e. The lowest BCUT2D eigenvalue weighted by Gasteiger charge is -2.13. The van der Waals surface area contributed by atoms with Gasteiger partial charge in [0.2, 0.25) is 9.84 Å². The lowest BCUT2D eigenvalue weighted by molar-refractivity contribution is 0.101. The normalized spacial score (nSPS) is 11.2. The summed E-state index contributed by atoms with van der Waals surface area (Å²) >= 11 is 0. The summed E-state index contributed by atoms with van der Waals surface area (Å²) in [7, 11) is -4.80. The first-order valence-electron chi connectivity index (χ1n) is 8.64. The summed E-state index contributed by atoms with van der Waals surface area (Å²) in [5, 5.41) is 4.90. The fourth-order valence-corrected chi connectivity index (χ4v) is 3.23. The van der Waals surface area contributed by atoms with E-state index in [-0.39, 0.29) is 22.6 Å². The summed E-state index contributed by atoms with van der Waals surface area (Å²) in [5.74, 6) is -5.65. The predicted octanol–water partition coefficient (Wildman–Crippen LogP) is 3.72. The van der Waals surface area contributed by atoms with Crippen molar-refractivity contribution in [1.82, 2.24) is 4.98 Å². The van der Waals surface area contributed by atoms with Crippen molar-refractivity contribution < 1.29 is 31.2 Å².